The molecule has 3 N–H and O–H groups in total. The predicted molar refractivity (Wildman–Crippen MR) is 85.6 cm³/mol. The van der Waals surface area contributed by atoms with Gasteiger partial charge in [0.1, 0.15) is 5.75 Å². The van der Waals surface area contributed by atoms with Gasteiger partial charge < -0.3 is 15.8 Å². The highest BCUT2D eigenvalue weighted by atomic mass is 16.5. The van der Waals surface area contributed by atoms with Gasteiger partial charge in [-0.05, 0) is 44.4 Å². The van der Waals surface area contributed by atoms with Gasteiger partial charge in [-0.3, -0.25) is 4.79 Å². The second-order valence-corrected chi connectivity index (χ2v) is 6.08. The lowest BCUT2D eigenvalue weighted by molar-refractivity contribution is -0.117. The van der Waals surface area contributed by atoms with Crippen LogP contribution in [-0.2, 0) is 4.79 Å². The van der Waals surface area contributed by atoms with Gasteiger partial charge in [-0.25, -0.2) is 0 Å². The van der Waals surface area contributed by atoms with Crippen molar-refractivity contribution in [2.45, 2.75) is 57.9 Å². The molecule has 0 aromatic heterocycles. The lowest BCUT2D eigenvalue weighted by Gasteiger charge is -2.32. The van der Waals surface area contributed by atoms with E-state index in [1.165, 1.54) is 6.42 Å². The number of hydrogen-bond donors (Lipinski definition) is 2. The summed E-state index contributed by atoms with van der Waals surface area (Å²) in [6.45, 7) is 4.52. The molecule has 0 bridgehead atoms. The molecule has 1 aromatic carbocycles. The number of nitrogens with two attached hydrogens (primary N) is 1. The Labute approximate surface area is 127 Å². The van der Waals surface area contributed by atoms with E-state index in [9.17, 15) is 4.79 Å². The highest BCUT2D eigenvalue weighted by molar-refractivity contribution is 5.93. The molecule has 0 atom stereocenters. The van der Waals surface area contributed by atoms with Crippen LogP contribution in [-0.4, -0.2) is 18.1 Å². The number of anilines is 1. The molecule has 1 fully saturated rings. The molecule has 1 amide bonds. The molecular weight excluding hydrogens is 264 g/mol. The molecule has 0 unspecified atom stereocenters. The van der Waals surface area contributed by atoms with Crippen molar-refractivity contribution in [3.8, 4) is 5.75 Å². The fourth-order valence-corrected chi connectivity index (χ4v) is 2.95. The van der Waals surface area contributed by atoms with Crippen LogP contribution < -0.4 is 15.8 Å². The maximum absolute atomic E-state index is 12.3. The Morgan fingerprint density at radius 1 is 1.33 bits per heavy atom. The van der Waals surface area contributed by atoms with Crippen molar-refractivity contribution < 1.29 is 9.53 Å². The standard InChI is InChI=1S/C17H26N2O2/c1-3-21-15-11-13(2)7-8-14(15)19-16(20)12-17(18)9-5-4-6-10-17/h7-8,11H,3-6,9-10,12,18H2,1-2H3,(H,19,20). The average Bonchev–Trinajstić information content (AvgIpc) is 2.42. The van der Waals surface area contributed by atoms with Crippen LogP contribution >= 0.6 is 0 Å². The summed E-state index contributed by atoms with van der Waals surface area (Å²) in [6.07, 6.45) is 5.73. The van der Waals surface area contributed by atoms with E-state index in [1.54, 1.807) is 0 Å². The van der Waals surface area contributed by atoms with Crippen molar-refractivity contribution in [1.29, 1.82) is 0 Å². The largest absolute Gasteiger partial charge is 0.492 e. The first-order chi connectivity index (χ1) is 10.0. The first kappa shape index (κ1) is 15.8. The normalized spacial score (nSPS) is 17.3. The van der Waals surface area contributed by atoms with Crippen molar-refractivity contribution in [2.24, 2.45) is 5.73 Å². The van der Waals surface area contributed by atoms with E-state index >= 15 is 0 Å². The van der Waals surface area contributed by atoms with E-state index in [1.807, 2.05) is 32.0 Å². The van der Waals surface area contributed by atoms with Crippen LogP contribution in [0.2, 0.25) is 0 Å². The number of carbonyl (C=O) groups is 1. The number of hydrogen-bond acceptors (Lipinski definition) is 3. The van der Waals surface area contributed by atoms with Gasteiger partial charge in [-0.15, -0.1) is 0 Å². The van der Waals surface area contributed by atoms with E-state index in [4.69, 9.17) is 10.5 Å². The number of benzene rings is 1. The molecule has 4 nitrogen and oxygen atoms in total. The molecular formula is C17H26N2O2. The number of carbonyl (C=O) groups excluding carboxylic acids is 1. The Morgan fingerprint density at radius 3 is 2.71 bits per heavy atom. The van der Waals surface area contributed by atoms with Crippen LogP contribution in [0.15, 0.2) is 18.2 Å². The molecule has 0 saturated heterocycles. The van der Waals surface area contributed by atoms with Crippen molar-refractivity contribution in [2.75, 3.05) is 11.9 Å². The van der Waals surface area contributed by atoms with Gasteiger partial charge in [0.25, 0.3) is 0 Å². The monoisotopic (exact) mass is 290 g/mol. The topological polar surface area (TPSA) is 64.3 Å². The molecule has 1 aliphatic rings. The SMILES string of the molecule is CCOc1cc(C)ccc1NC(=O)CC1(N)CCCCC1. The van der Waals surface area contributed by atoms with Gasteiger partial charge in [0.05, 0.1) is 12.3 Å². The van der Waals surface area contributed by atoms with Crippen LogP contribution in [0.5, 0.6) is 5.75 Å². The second kappa shape index (κ2) is 6.94. The fraction of sp³-hybridized carbons (Fsp3) is 0.588. The van der Waals surface area contributed by atoms with Gasteiger partial charge >= 0.3 is 0 Å². The highest BCUT2D eigenvalue weighted by Gasteiger charge is 2.30. The zero-order valence-corrected chi connectivity index (χ0v) is 13.1. The zero-order valence-electron chi connectivity index (χ0n) is 13.1. The third-order valence-corrected chi connectivity index (χ3v) is 4.07. The van der Waals surface area contributed by atoms with Crippen molar-refractivity contribution >= 4 is 11.6 Å². The van der Waals surface area contributed by atoms with E-state index in [-0.39, 0.29) is 11.4 Å². The number of rotatable bonds is 5. The molecule has 0 heterocycles. The summed E-state index contributed by atoms with van der Waals surface area (Å²) >= 11 is 0. The minimum atomic E-state index is -0.335. The Kier molecular flexibility index (Phi) is 5.23. The van der Waals surface area contributed by atoms with E-state index < -0.39 is 0 Å². The molecule has 0 spiro atoms. The molecule has 0 radical (unpaired) electrons. The van der Waals surface area contributed by atoms with Crippen LogP contribution in [0.25, 0.3) is 0 Å². The van der Waals surface area contributed by atoms with Crippen LogP contribution in [0.1, 0.15) is 51.0 Å². The average molecular weight is 290 g/mol. The molecule has 1 aliphatic carbocycles. The molecule has 21 heavy (non-hydrogen) atoms. The highest BCUT2D eigenvalue weighted by Crippen LogP contribution is 2.30. The maximum Gasteiger partial charge on any atom is 0.226 e. The van der Waals surface area contributed by atoms with Crippen molar-refractivity contribution in [1.82, 2.24) is 0 Å². The van der Waals surface area contributed by atoms with Gasteiger partial charge in [-0.2, -0.15) is 0 Å². The fourth-order valence-electron chi connectivity index (χ4n) is 2.95. The first-order valence-corrected chi connectivity index (χ1v) is 7.84. The Hall–Kier alpha value is -1.55. The van der Waals surface area contributed by atoms with Crippen molar-refractivity contribution in [3.05, 3.63) is 23.8 Å². The number of nitrogens with one attached hydrogen (secondary N) is 1. The Bertz CT molecular complexity index is 494. The summed E-state index contributed by atoms with van der Waals surface area (Å²) in [5.74, 6) is 0.699. The molecule has 116 valence electrons. The van der Waals surface area contributed by atoms with Gasteiger partial charge in [-0.1, -0.05) is 25.3 Å². The summed E-state index contributed by atoms with van der Waals surface area (Å²) in [5, 5.41) is 2.95. The van der Waals surface area contributed by atoms with Gasteiger partial charge in [0.15, 0.2) is 0 Å². The summed E-state index contributed by atoms with van der Waals surface area (Å²) < 4.78 is 5.59. The molecule has 1 saturated carbocycles. The second-order valence-electron chi connectivity index (χ2n) is 6.08. The number of aryl methyl sites for hydroxylation is 1. The summed E-state index contributed by atoms with van der Waals surface area (Å²) in [6, 6.07) is 5.80. The van der Waals surface area contributed by atoms with Crippen LogP contribution in [0.4, 0.5) is 5.69 Å². The predicted octanol–water partition coefficient (Wildman–Crippen LogP) is 3.38. The van der Waals surface area contributed by atoms with Gasteiger partial charge in [0, 0.05) is 12.0 Å². The molecule has 4 heteroatoms. The maximum atomic E-state index is 12.3. The van der Waals surface area contributed by atoms with Crippen molar-refractivity contribution in [3.63, 3.8) is 0 Å². The third kappa shape index (κ3) is 4.46. The Balaban J connectivity index is 2.02. The van der Waals surface area contributed by atoms with E-state index in [2.05, 4.69) is 5.32 Å². The summed E-state index contributed by atoms with van der Waals surface area (Å²) in [7, 11) is 0. The first-order valence-electron chi connectivity index (χ1n) is 7.84. The van der Waals surface area contributed by atoms with E-state index in [0.717, 1.165) is 42.7 Å². The quantitative estimate of drug-likeness (QED) is 0.873. The van der Waals surface area contributed by atoms with Gasteiger partial charge in [0.2, 0.25) is 5.91 Å². The minimum absolute atomic E-state index is 0.0239. The zero-order chi connectivity index (χ0) is 15.3. The summed E-state index contributed by atoms with van der Waals surface area (Å²) in [5.41, 5.74) is 7.85. The molecule has 2 rings (SSSR count). The Morgan fingerprint density at radius 2 is 2.05 bits per heavy atom. The van der Waals surface area contributed by atoms with E-state index in [0.29, 0.717) is 13.0 Å². The minimum Gasteiger partial charge on any atom is -0.492 e. The lowest BCUT2D eigenvalue weighted by atomic mass is 9.80. The molecule has 0 aliphatic heterocycles. The summed E-state index contributed by atoms with van der Waals surface area (Å²) in [4.78, 5) is 12.3. The van der Waals surface area contributed by atoms with Crippen LogP contribution in [0.3, 0.4) is 0 Å². The third-order valence-electron chi connectivity index (χ3n) is 4.07. The number of ether oxygens (including phenoxy) is 1. The number of amides is 1. The lowest BCUT2D eigenvalue weighted by Crippen LogP contribution is -2.44. The van der Waals surface area contributed by atoms with Crippen LogP contribution in [0, 0.1) is 6.92 Å². The smallest absolute Gasteiger partial charge is 0.226 e. The molecule has 1 aromatic rings.